The van der Waals surface area contributed by atoms with E-state index in [1.54, 1.807) is 43.3 Å². The van der Waals surface area contributed by atoms with Gasteiger partial charge in [-0.2, -0.15) is 0 Å². The smallest absolute Gasteiger partial charge is 0.261 e. The molecule has 5 nitrogen and oxygen atoms in total. The summed E-state index contributed by atoms with van der Waals surface area (Å²) < 4.78 is 27.7. The molecular formula is C23H23ClN2O3S. The maximum Gasteiger partial charge on any atom is 0.261 e. The molecule has 1 amide bonds. The number of benzene rings is 3. The number of sulfonamides is 1. The number of hydrogen-bond donors (Lipinski definition) is 2. The summed E-state index contributed by atoms with van der Waals surface area (Å²) in [6.07, 6.45) is 1.50. The quantitative estimate of drug-likeness (QED) is 0.491. The van der Waals surface area contributed by atoms with Crippen molar-refractivity contribution in [3.05, 3.63) is 94.5 Å². The second-order valence-corrected chi connectivity index (χ2v) is 8.94. The molecule has 0 bridgehead atoms. The van der Waals surface area contributed by atoms with E-state index in [9.17, 15) is 13.2 Å². The van der Waals surface area contributed by atoms with Crippen molar-refractivity contribution in [2.75, 3.05) is 11.3 Å². The SMILES string of the molecule is Cc1c(NS(=O)(=O)c2ccccc2)cccc1C(=O)NCCCc1ccccc1Cl. The molecule has 0 heterocycles. The van der Waals surface area contributed by atoms with E-state index < -0.39 is 10.0 Å². The van der Waals surface area contributed by atoms with Crippen LogP contribution in [0.2, 0.25) is 5.02 Å². The average molecular weight is 443 g/mol. The largest absolute Gasteiger partial charge is 0.352 e. The third kappa shape index (κ3) is 5.40. The van der Waals surface area contributed by atoms with Crippen molar-refractivity contribution in [3.8, 4) is 0 Å². The molecule has 0 aromatic heterocycles. The highest BCUT2D eigenvalue weighted by molar-refractivity contribution is 7.92. The van der Waals surface area contributed by atoms with E-state index in [-0.39, 0.29) is 10.8 Å². The van der Waals surface area contributed by atoms with E-state index in [1.807, 2.05) is 24.3 Å². The number of anilines is 1. The molecule has 0 saturated carbocycles. The summed E-state index contributed by atoms with van der Waals surface area (Å²) in [4.78, 5) is 12.8. The van der Waals surface area contributed by atoms with Crippen molar-refractivity contribution in [2.24, 2.45) is 0 Å². The molecule has 0 atom stereocenters. The fourth-order valence-electron chi connectivity index (χ4n) is 3.07. The molecule has 0 spiro atoms. The Kier molecular flexibility index (Phi) is 7.13. The molecule has 30 heavy (non-hydrogen) atoms. The lowest BCUT2D eigenvalue weighted by Gasteiger charge is -2.14. The summed E-state index contributed by atoms with van der Waals surface area (Å²) in [6.45, 7) is 2.21. The summed E-state index contributed by atoms with van der Waals surface area (Å²) in [5, 5.41) is 3.61. The van der Waals surface area contributed by atoms with Crippen molar-refractivity contribution in [3.63, 3.8) is 0 Å². The highest BCUT2D eigenvalue weighted by atomic mass is 35.5. The summed E-state index contributed by atoms with van der Waals surface area (Å²) >= 11 is 6.15. The van der Waals surface area contributed by atoms with E-state index in [1.165, 1.54) is 12.1 Å². The number of aryl methyl sites for hydroxylation is 1. The highest BCUT2D eigenvalue weighted by Crippen LogP contribution is 2.23. The number of halogens is 1. The van der Waals surface area contributed by atoms with Crippen molar-refractivity contribution in [1.29, 1.82) is 0 Å². The van der Waals surface area contributed by atoms with E-state index in [2.05, 4.69) is 10.0 Å². The molecule has 7 heteroatoms. The number of carbonyl (C=O) groups excluding carboxylic acids is 1. The predicted molar refractivity (Wildman–Crippen MR) is 121 cm³/mol. The van der Waals surface area contributed by atoms with Crippen LogP contribution in [0.1, 0.15) is 27.9 Å². The average Bonchev–Trinajstić information content (AvgIpc) is 2.74. The lowest BCUT2D eigenvalue weighted by atomic mass is 10.1. The molecule has 0 aliphatic heterocycles. The van der Waals surface area contributed by atoms with Crippen LogP contribution in [0.25, 0.3) is 0 Å². The van der Waals surface area contributed by atoms with Gasteiger partial charge >= 0.3 is 0 Å². The zero-order valence-corrected chi connectivity index (χ0v) is 18.1. The molecule has 156 valence electrons. The van der Waals surface area contributed by atoms with Crippen LogP contribution in [0.15, 0.2) is 77.7 Å². The van der Waals surface area contributed by atoms with Gasteiger partial charge in [-0.25, -0.2) is 8.42 Å². The van der Waals surface area contributed by atoms with Crippen molar-refractivity contribution < 1.29 is 13.2 Å². The van der Waals surface area contributed by atoms with Gasteiger partial charge in [0.05, 0.1) is 10.6 Å². The second kappa shape index (κ2) is 9.78. The molecule has 3 aromatic rings. The Bertz CT molecular complexity index is 1130. The minimum absolute atomic E-state index is 0.166. The number of amides is 1. The maximum absolute atomic E-state index is 12.6. The van der Waals surface area contributed by atoms with E-state index in [0.717, 1.165) is 23.4 Å². The number of nitrogens with one attached hydrogen (secondary N) is 2. The minimum Gasteiger partial charge on any atom is -0.352 e. The molecule has 0 aliphatic rings. The Morgan fingerprint density at radius 3 is 2.37 bits per heavy atom. The van der Waals surface area contributed by atoms with Gasteiger partial charge in [0.25, 0.3) is 15.9 Å². The van der Waals surface area contributed by atoms with Crippen LogP contribution in [0.4, 0.5) is 5.69 Å². The van der Waals surface area contributed by atoms with Crippen LogP contribution in [0, 0.1) is 6.92 Å². The van der Waals surface area contributed by atoms with Gasteiger partial charge in [0.15, 0.2) is 0 Å². The summed E-state index contributed by atoms with van der Waals surface area (Å²) in [6, 6.07) is 20.7. The van der Waals surface area contributed by atoms with Gasteiger partial charge in [0.1, 0.15) is 0 Å². The van der Waals surface area contributed by atoms with E-state index >= 15 is 0 Å². The van der Waals surface area contributed by atoms with Crippen molar-refractivity contribution in [2.45, 2.75) is 24.7 Å². The predicted octanol–water partition coefficient (Wildman–Crippen LogP) is 4.81. The monoisotopic (exact) mass is 442 g/mol. The van der Waals surface area contributed by atoms with Gasteiger partial charge in [-0.15, -0.1) is 0 Å². The third-order valence-corrected chi connectivity index (χ3v) is 6.49. The Hall–Kier alpha value is -2.83. The van der Waals surface area contributed by atoms with Gasteiger partial charge in [-0.3, -0.25) is 9.52 Å². The molecule has 2 N–H and O–H groups in total. The number of rotatable bonds is 8. The van der Waals surface area contributed by atoms with Crippen LogP contribution in [0.3, 0.4) is 0 Å². The second-order valence-electron chi connectivity index (χ2n) is 6.85. The fraction of sp³-hybridized carbons (Fsp3) is 0.174. The van der Waals surface area contributed by atoms with E-state index in [4.69, 9.17) is 11.6 Å². The summed E-state index contributed by atoms with van der Waals surface area (Å²) in [5.74, 6) is -0.243. The molecule has 3 aromatic carbocycles. The number of hydrogen-bond acceptors (Lipinski definition) is 3. The van der Waals surface area contributed by atoms with Gasteiger partial charge < -0.3 is 5.32 Å². The Labute approximate surface area is 182 Å². The third-order valence-electron chi connectivity index (χ3n) is 4.74. The Morgan fingerprint density at radius 1 is 0.933 bits per heavy atom. The normalized spacial score (nSPS) is 11.1. The van der Waals surface area contributed by atoms with Crippen molar-refractivity contribution >= 4 is 33.2 Å². The minimum atomic E-state index is -3.73. The van der Waals surface area contributed by atoms with E-state index in [0.29, 0.717) is 23.4 Å². The van der Waals surface area contributed by atoms with Crippen LogP contribution in [-0.2, 0) is 16.4 Å². The van der Waals surface area contributed by atoms with Crippen LogP contribution in [-0.4, -0.2) is 20.9 Å². The van der Waals surface area contributed by atoms with Gasteiger partial charge in [0, 0.05) is 17.1 Å². The molecule has 0 saturated heterocycles. The zero-order chi connectivity index (χ0) is 21.6. The number of carbonyl (C=O) groups is 1. The first kappa shape index (κ1) is 21.9. The highest BCUT2D eigenvalue weighted by Gasteiger charge is 2.17. The topological polar surface area (TPSA) is 75.3 Å². The molecule has 0 unspecified atom stereocenters. The van der Waals surface area contributed by atoms with Crippen LogP contribution in [0.5, 0.6) is 0 Å². The first-order valence-corrected chi connectivity index (χ1v) is 11.4. The summed E-state index contributed by atoms with van der Waals surface area (Å²) in [7, 11) is -3.73. The van der Waals surface area contributed by atoms with Gasteiger partial charge in [0.2, 0.25) is 0 Å². The Morgan fingerprint density at radius 2 is 1.63 bits per heavy atom. The molecule has 3 rings (SSSR count). The van der Waals surface area contributed by atoms with Crippen LogP contribution >= 0.6 is 11.6 Å². The lowest BCUT2D eigenvalue weighted by molar-refractivity contribution is 0.0952. The lowest BCUT2D eigenvalue weighted by Crippen LogP contribution is -2.26. The molecular weight excluding hydrogens is 420 g/mol. The first-order valence-electron chi connectivity index (χ1n) is 9.57. The first-order chi connectivity index (χ1) is 14.4. The zero-order valence-electron chi connectivity index (χ0n) is 16.6. The van der Waals surface area contributed by atoms with Crippen LogP contribution < -0.4 is 10.0 Å². The van der Waals surface area contributed by atoms with Crippen molar-refractivity contribution in [1.82, 2.24) is 5.32 Å². The molecule has 0 fully saturated rings. The molecule has 0 radical (unpaired) electrons. The van der Waals surface area contributed by atoms with Gasteiger partial charge in [-0.05, 0) is 61.2 Å². The van der Waals surface area contributed by atoms with Gasteiger partial charge in [-0.1, -0.05) is 54.1 Å². The molecule has 0 aliphatic carbocycles. The maximum atomic E-state index is 12.6. The fourth-order valence-corrected chi connectivity index (χ4v) is 4.45. The Balaban J connectivity index is 1.64. The standard InChI is InChI=1S/C23H23ClN2O3S/c1-17-20(23(27)25-16-8-10-18-9-5-6-14-21(18)24)13-7-15-22(17)26-30(28,29)19-11-3-2-4-12-19/h2-7,9,11-15,26H,8,10,16H2,1H3,(H,25,27). The summed E-state index contributed by atoms with van der Waals surface area (Å²) in [5.41, 5.74) is 2.42.